The van der Waals surface area contributed by atoms with E-state index in [0.29, 0.717) is 42.8 Å². The van der Waals surface area contributed by atoms with Gasteiger partial charge in [0.2, 0.25) is 15.9 Å². The number of nitrogens with zero attached hydrogens (tertiary/aromatic N) is 4. The smallest absolute Gasteiger partial charge is 0.321 e. The summed E-state index contributed by atoms with van der Waals surface area (Å²) in [6.45, 7) is 7.56. The molecule has 28 heavy (non-hydrogen) atoms. The molecule has 0 amide bonds. The molecule has 8 nitrogen and oxygen atoms in total. The van der Waals surface area contributed by atoms with Crippen LogP contribution in [0.2, 0.25) is 0 Å². The third-order valence-corrected chi connectivity index (χ3v) is 7.07. The van der Waals surface area contributed by atoms with Crippen LogP contribution in [-0.4, -0.2) is 63.1 Å². The molecule has 1 aromatic heterocycles. The Balaban J connectivity index is 1.79. The van der Waals surface area contributed by atoms with Crippen molar-refractivity contribution in [2.75, 3.05) is 45.3 Å². The lowest BCUT2D eigenvalue weighted by atomic mass is 10.1. The molecule has 1 aliphatic rings. The number of benzene rings is 1. The van der Waals surface area contributed by atoms with Gasteiger partial charge in [-0.2, -0.15) is 14.3 Å². The fourth-order valence-corrected chi connectivity index (χ4v) is 4.97. The van der Waals surface area contributed by atoms with Crippen molar-refractivity contribution in [2.24, 2.45) is 0 Å². The molecule has 9 heteroatoms. The maximum Gasteiger partial charge on any atom is 0.321 e. The lowest BCUT2D eigenvalue weighted by molar-refractivity contribution is 0.349. The van der Waals surface area contributed by atoms with Crippen LogP contribution in [0.4, 0.5) is 5.82 Å². The van der Waals surface area contributed by atoms with E-state index < -0.39 is 10.0 Å². The van der Waals surface area contributed by atoms with Crippen molar-refractivity contribution in [3.8, 4) is 11.9 Å². The summed E-state index contributed by atoms with van der Waals surface area (Å²) in [5.41, 5.74) is 2.84. The Labute approximate surface area is 166 Å². The largest absolute Gasteiger partial charge is 0.481 e. The van der Waals surface area contributed by atoms with Gasteiger partial charge in [0.15, 0.2) is 0 Å². The number of rotatable bonds is 5. The van der Waals surface area contributed by atoms with Crippen molar-refractivity contribution in [2.45, 2.75) is 25.7 Å². The fourth-order valence-electron chi connectivity index (χ4n) is 3.26. The molecule has 0 spiro atoms. The zero-order valence-electron chi connectivity index (χ0n) is 16.9. The fraction of sp³-hybridized carbons (Fsp3) is 0.474. The topological polar surface area (TPSA) is 84.9 Å². The molecule has 0 bridgehead atoms. The Bertz CT molecular complexity index is 948. The zero-order valence-corrected chi connectivity index (χ0v) is 17.7. The maximum atomic E-state index is 13.2. The molecule has 0 atom stereocenters. The van der Waals surface area contributed by atoms with Crippen molar-refractivity contribution in [1.29, 1.82) is 0 Å². The molecule has 0 unspecified atom stereocenters. The van der Waals surface area contributed by atoms with Crippen LogP contribution < -0.4 is 14.4 Å². The zero-order chi connectivity index (χ0) is 20.5. The van der Waals surface area contributed by atoms with Crippen LogP contribution in [0.5, 0.6) is 11.9 Å². The molecule has 1 saturated heterocycles. The first kappa shape index (κ1) is 20.3. The summed E-state index contributed by atoms with van der Waals surface area (Å²) in [7, 11) is -0.514. The molecule has 0 saturated carbocycles. The number of hydrogen-bond acceptors (Lipinski definition) is 7. The van der Waals surface area contributed by atoms with Crippen LogP contribution >= 0.6 is 0 Å². The lowest BCUT2D eigenvalue weighted by Gasteiger charge is -2.35. The number of sulfonamides is 1. The number of piperazine rings is 1. The molecular weight excluding hydrogens is 380 g/mol. The van der Waals surface area contributed by atoms with Gasteiger partial charge in [-0.1, -0.05) is 6.07 Å². The SMILES string of the molecule is COc1cc(N2CCN(S(=O)(=O)c3cc(C)c(C)cc3C)CC2)nc(OC)n1. The Hall–Kier alpha value is -2.39. The summed E-state index contributed by atoms with van der Waals surface area (Å²) >= 11 is 0. The highest BCUT2D eigenvalue weighted by Gasteiger charge is 2.30. The van der Waals surface area contributed by atoms with E-state index in [1.54, 1.807) is 12.1 Å². The average molecular weight is 407 g/mol. The van der Waals surface area contributed by atoms with E-state index in [1.807, 2.05) is 31.7 Å². The molecule has 0 N–H and O–H groups in total. The van der Waals surface area contributed by atoms with E-state index in [4.69, 9.17) is 9.47 Å². The highest BCUT2D eigenvalue weighted by atomic mass is 32.2. The second-order valence-electron chi connectivity index (χ2n) is 6.85. The molecule has 152 valence electrons. The predicted octanol–water partition coefficient (Wildman–Crippen LogP) is 1.93. The van der Waals surface area contributed by atoms with Crippen LogP contribution in [0.15, 0.2) is 23.1 Å². The van der Waals surface area contributed by atoms with Gasteiger partial charge < -0.3 is 14.4 Å². The molecule has 0 aliphatic carbocycles. The van der Waals surface area contributed by atoms with Crippen molar-refractivity contribution in [3.05, 3.63) is 34.9 Å². The highest BCUT2D eigenvalue weighted by Crippen LogP contribution is 2.26. The summed E-state index contributed by atoms with van der Waals surface area (Å²) in [5.74, 6) is 1.06. The first-order valence-electron chi connectivity index (χ1n) is 9.06. The third-order valence-electron chi connectivity index (χ3n) is 5.03. The number of hydrogen-bond donors (Lipinski definition) is 0. The summed E-state index contributed by atoms with van der Waals surface area (Å²) in [6.07, 6.45) is 0. The molecule has 1 aliphatic heterocycles. The minimum atomic E-state index is -3.54. The van der Waals surface area contributed by atoms with Crippen molar-refractivity contribution in [1.82, 2.24) is 14.3 Å². The Morgan fingerprint density at radius 3 is 2.11 bits per heavy atom. The van der Waals surface area contributed by atoms with Gasteiger partial charge >= 0.3 is 6.01 Å². The lowest BCUT2D eigenvalue weighted by Crippen LogP contribution is -2.49. The van der Waals surface area contributed by atoms with Gasteiger partial charge in [-0.3, -0.25) is 0 Å². The van der Waals surface area contributed by atoms with E-state index in [9.17, 15) is 8.42 Å². The normalized spacial score (nSPS) is 15.5. The van der Waals surface area contributed by atoms with Gasteiger partial charge in [-0.15, -0.1) is 0 Å². The van der Waals surface area contributed by atoms with E-state index >= 15 is 0 Å². The minimum Gasteiger partial charge on any atom is -0.481 e. The van der Waals surface area contributed by atoms with Crippen molar-refractivity contribution in [3.63, 3.8) is 0 Å². The van der Waals surface area contributed by atoms with Gasteiger partial charge in [0.25, 0.3) is 0 Å². The maximum absolute atomic E-state index is 13.2. The first-order valence-corrected chi connectivity index (χ1v) is 10.5. The van der Waals surface area contributed by atoms with E-state index in [1.165, 1.54) is 18.5 Å². The standard InChI is InChI=1S/C19H26N4O4S/c1-13-10-15(3)16(11-14(13)2)28(24,25)23-8-6-22(7-9-23)17-12-18(26-4)21-19(20-17)27-5/h10-12H,6-9H2,1-5H3. The van der Waals surface area contributed by atoms with E-state index in [-0.39, 0.29) is 6.01 Å². The van der Waals surface area contributed by atoms with Crippen LogP contribution in [0.1, 0.15) is 16.7 Å². The summed E-state index contributed by atoms with van der Waals surface area (Å²) in [6, 6.07) is 5.64. The molecule has 0 radical (unpaired) electrons. The van der Waals surface area contributed by atoms with Gasteiger partial charge in [0, 0.05) is 32.2 Å². The van der Waals surface area contributed by atoms with Crippen LogP contribution in [0.25, 0.3) is 0 Å². The number of methoxy groups -OCH3 is 2. The molecular formula is C19H26N4O4S. The number of aromatic nitrogens is 2. The Morgan fingerprint density at radius 1 is 0.857 bits per heavy atom. The average Bonchev–Trinajstić information content (AvgIpc) is 2.70. The van der Waals surface area contributed by atoms with Gasteiger partial charge in [-0.05, 0) is 43.5 Å². The molecule has 3 rings (SSSR count). The molecule has 1 aromatic carbocycles. The van der Waals surface area contributed by atoms with Crippen LogP contribution in [-0.2, 0) is 10.0 Å². The minimum absolute atomic E-state index is 0.218. The number of ether oxygens (including phenoxy) is 2. The van der Waals surface area contributed by atoms with Crippen molar-refractivity contribution < 1.29 is 17.9 Å². The van der Waals surface area contributed by atoms with E-state index in [2.05, 4.69) is 9.97 Å². The first-order chi connectivity index (χ1) is 13.3. The van der Waals surface area contributed by atoms with Crippen molar-refractivity contribution >= 4 is 15.8 Å². The summed E-state index contributed by atoms with van der Waals surface area (Å²) in [5, 5.41) is 0. The predicted molar refractivity (Wildman–Crippen MR) is 107 cm³/mol. The van der Waals surface area contributed by atoms with Crippen LogP contribution in [0.3, 0.4) is 0 Å². The van der Waals surface area contributed by atoms with Gasteiger partial charge in [0.05, 0.1) is 19.1 Å². The third kappa shape index (κ3) is 3.90. The molecule has 2 aromatic rings. The monoisotopic (exact) mass is 406 g/mol. The number of aryl methyl sites for hydroxylation is 3. The second-order valence-corrected chi connectivity index (χ2v) is 8.75. The van der Waals surface area contributed by atoms with Crippen LogP contribution in [0, 0.1) is 20.8 Å². The number of anilines is 1. The quantitative estimate of drug-likeness (QED) is 0.750. The highest BCUT2D eigenvalue weighted by molar-refractivity contribution is 7.89. The summed E-state index contributed by atoms with van der Waals surface area (Å²) in [4.78, 5) is 10.8. The summed E-state index contributed by atoms with van der Waals surface area (Å²) < 4.78 is 38.2. The Morgan fingerprint density at radius 2 is 1.50 bits per heavy atom. The molecule has 1 fully saturated rings. The van der Waals surface area contributed by atoms with Gasteiger partial charge in [0.1, 0.15) is 5.82 Å². The Kier molecular flexibility index (Phi) is 5.76. The van der Waals surface area contributed by atoms with Gasteiger partial charge in [-0.25, -0.2) is 8.42 Å². The van der Waals surface area contributed by atoms with E-state index in [0.717, 1.165) is 16.7 Å². The second kappa shape index (κ2) is 7.92. The molecule has 2 heterocycles.